The van der Waals surface area contributed by atoms with Crippen molar-refractivity contribution in [3.05, 3.63) is 108 Å². The van der Waals surface area contributed by atoms with Crippen molar-refractivity contribution in [1.29, 1.82) is 0 Å². The van der Waals surface area contributed by atoms with Crippen LogP contribution in [0.2, 0.25) is 0 Å². The zero-order chi connectivity index (χ0) is 23.8. The van der Waals surface area contributed by atoms with E-state index in [1.807, 2.05) is 18.2 Å². The van der Waals surface area contributed by atoms with Crippen LogP contribution >= 0.6 is 33.7 Å². The summed E-state index contributed by atoms with van der Waals surface area (Å²) < 4.78 is 44.6. The van der Waals surface area contributed by atoms with Crippen LogP contribution in [0.5, 0.6) is 0 Å². The van der Waals surface area contributed by atoms with Gasteiger partial charge in [-0.3, -0.25) is 0 Å². The second-order valence-electron chi connectivity index (χ2n) is 8.43. The number of thiol groups is 1. The van der Waals surface area contributed by atoms with Gasteiger partial charge < -0.3 is 0 Å². The van der Waals surface area contributed by atoms with E-state index in [1.54, 1.807) is 24.3 Å². The van der Waals surface area contributed by atoms with Crippen LogP contribution in [0, 0.1) is 23.5 Å². The molecule has 4 unspecified atom stereocenters. The summed E-state index contributed by atoms with van der Waals surface area (Å²) in [5, 5.41) is 0. The molecule has 178 valence electrons. The Kier molecular flexibility index (Phi) is 6.83. The third-order valence-corrected chi connectivity index (χ3v) is 11.1. The van der Waals surface area contributed by atoms with Gasteiger partial charge in [-0.2, -0.15) is 0 Å². The molecule has 8 heteroatoms. The molecule has 0 saturated carbocycles. The van der Waals surface area contributed by atoms with Crippen LogP contribution in [-0.2, 0) is 7.25 Å². The second-order valence-corrected chi connectivity index (χ2v) is 12.3. The number of rotatable bonds is 5. The van der Waals surface area contributed by atoms with Crippen molar-refractivity contribution in [2.75, 3.05) is 6.23 Å². The molecule has 1 heterocycles. The Balaban J connectivity index is 1.67. The summed E-state index contributed by atoms with van der Waals surface area (Å²) >= 11 is 1.45. The molecular formula is C26H25F2IN2O2S. The van der Waals surface area contributed by atoms with Crippen molar-refractivity contribution in [2.24, 2.45) is 11.8 Å². The van der Waals surface area contributed by atoms with Gasteiger partial charge in [-0.05, 0) is 0 Å². The number of fused-ring (bicyclic) bond motifs is 1. The molecule has 2 aromatic carbocycles. The third-order valence-electron chi connectivity index (χ3n) is 6.04. The van der Waals surface area contributed by atoms with Crippen molar-refractivity contribution >= 4 is 45.1 Å². The van der Waals surface area contributed by atoms with Gasteiger partial charge in [0.1, 0.15) is 0 Å². The van der Waals surface area contributed by atoms with Gasteiger partial charge in [-0.1, -0.05) is 0 Å². The summed E-state index contributed by atoms with van der Waals surface area (Å²) in [6.45, 7) is 4.20. The van der Waals surface area contributed by atoms with Gasteiger partial charge in [-0.25, -0.2) is 0 Å². The first-order valence-electron chi connectivity index (χ1n) is 11.0. The summed E-state index contributed by atoms with van der Waals surface area (Å²) in [6.07, 6.45) is 11.9. The molecule has 2 aromatic rings. The molecule has 0 radical (unpaired) electrons. The predicted molar refractivity (Wildman–Crippen MR) is 143 cm³/mol. The van der Waals surface area contributed by atoms with E-state index in [1.165, 1.54) is 24.3 Å². The normalized spacial score (nSPS) is 26.9. The molecule has 0 amide bonds. The zero-order valence-electron chi connectivity index (χ0n) is 18.7. The first-order chi connectivity index (χ1) is 16.5. The number of allylic oxidation sites excluding steroid dienone is 4. The van der Waals surface area contributed by atoms with Crippen LogP contribution in [0.1, 0.15) is 13.8 Å². The molecule has 0 spiro atoms. The number of anilines is 2. The van der Waals surface area contributed by atoms with Crippen LogP contribution in [0.25, 0.3) is 0 Å². The van der Waals surface area contributed by atoms with Gasteiger partial charge in [0.2, 0.25) is 0 Å². The molecule has 1 aliphatic heterocycles. The predicted octanol–water partition coefficient (Wildman–Crippen LogP) is 7.34. The van der Waals surface area contributed by atoms with Crippen LogP contribution in [-0.4, -0.2) is 12.2 Å². The standard InChI is InChI=1S/C26H25F2IN2O2S/c1-17-5-3-7-23-25(17)32-29(30(23)21-13-9-19(27)10-14-21)31(22-15-11-20(28)12-16-22)24-8-4-6-18(2)26(24)33-34/h3-18,25-26,34H,1-2H3. The first-order valence-corrected chi connectivity index (χ1v) is 14.2. The molecule has 1 fully saturated rings. The van der Waals surface area contributed by atoms with Crippen molar-refractivity contribution in [3.8, 4) is 0 Å². The summed E-state index contributed by atoms with van der Waals surface area (Å²) in [6, 6.07) is 12.9. The molecule has 4 nitrogen and oxygen atoms in total. The molecule has 4 atom stereocenters. The quantitative estimate of drug-likeness (QED) is 0.170. The maximum absolute atomic E-state index is 13.9. The minimum atomic E-state index is -2.74. The maximum atomic E-state index is 13.9. The molecule has 3 aliphatic rings. The number of halogens is 3. The Bertz CT molecular complexity index is 1170. The average molecular weight is 594 g/mol. The minimum absolute atomic E-state index is 0.0836. The van der Waals surface area contributed by atoms with Gasteiger partial charge in [0.25, 0.3) is 0 Å². The Morgan fingerprint density at radius 1 is 0.912 bits per heavy atom. The van der Waals surface area contributed by atoms with E-state index < -0.39 is 20.8 Å². The van der Waals surface area contributed by atoms with Gasteiger partial charge in [-0.15, -0.1) is 0 Å². The fourth-order valence-corrected chi connectivity index (χ4v) is 10.1. The molecular weight excluding hydrogens is 569 g/mol. The third kappa shape index (κ3) is 4.32. The zero-order valence-corrected chi connectivity index (χ0v) is 21.7. The van der Waals surface area contributed by atoms with E-state index in [0.717, 1.165) is 22.8 Å². The van der Waals surface area contributed by atoms with E-state index >= 15 is 0 Å². The summed E-state index contributed by atoms with van der Waals surface area (Å²) in [5.74, 6) is -0.339. The summed E-state index contributed by atoms with van der Waals surface area (Å²) in [5.41, 5.74) is 3.61. The van der Waals surface area contributed by atoms with Crippen LogP contribution < -0.4 is 6.23 Å². The summed E-state index contributed by atoms with van der Waals surface area (Å²) in [4.78, 5) is 0. The molecule has 2 aliphatic carbocycles. The van der Waals surface area contributed by atoms with Crippen molar-refractivity contribution < 1.29 is 16.0 Å². The monoisotopic (exact) mass is 594 g/mol. The van der Waals surface area contributed by atoms with Gasteiger partial charge >= 0.3 is 213 Å². The van der Waals surface area contributed by atoms with E-state index in [-0.39, 0.29) is 35.7 Å². The van der Waals surface area contributed by atoms with Gasteiger partial charge in [0.15, 0.2) is 0 Å². The van der Waals surface area contributed by atoms with Gasteiger partial charge in [0.05, 0.1) is 0 Å². The van der Waals surface area contributed by atoms with E-state index in [0.29, 0.717) is 0 Å². The van der Waals surface area contributed by atoms with Gasteiger partial charge in [0, 0.05) is 0 Å². The molecule has 5 rings (SSSR count). The number of hydrogen-bond donors (Lipinski definition) is 1. The van der Waals surface area contributed by atoms with Crippen molar-refractivity contribution in [2.45, 2.75) is 26.1 Å². The molecule has 34 heavy (non-hydrogen) atoms. The first kappa shape index (κ1) is 23.6. The van der Waals surface area contributed by atoms with Crippen molar-refractivity contribution in [1.82, 2.24) is 0 Å². The fourth-order valence-electron chi connectivity index (χ4n) is 4.24. The Hall–Kier alpha value is -2.14. The Labute approximate surface area is 212 Å². The molecule has 0 N–H and O–H groups in total. The van der Waals surface area contributed by atoms with E-state index in [9.17, 15) is 8.78 Å². The molecule has 1 saturated heterocycles. The SMILES string of the molecule is CC1C=CC=C(N(c2ccc(F)cc2)I2OC3C(=CC=CC3C)N2c2ccc(F)cc2)C1OS. The number of benzene rings is 2. The number of nitrogens with zero attached hydrogens (tertiary/aromatic N) is 2. The average Bonchev–Trinajstić information content (AvgIpc) is 3.22. The fraction of sp³-hybridized carbons (Fsp3) is 0.231. The topological polar surface area (TPSA) is 24.9 Å². The molecule has 0 bridgehead atoms. The summed E-state index contributed by atoms with van der Waals surface area (Å²) in [7, 11) is 0. The van der Waals surface area contributed by atoms with Crippen LogP contribution in [0.4, 0.5) is 20.2 Å². The molecule has 0 aromatic heterocycles. The van der Waals surface area contributed by atoms with Crippen LogP contribution in [0.15, 0.2) is 96.4 Å². The van der Waals surface area contributed by atoms with E-state index in [2.05, 4.69) is 51.2 Å². The Morgan fingerprint density at radius 2 is 1.53 bits per heavy atom. The number of hydrogen-bond acceptors (Lipinski definition) is 5. The van der Waals surface area contributed by atoms with Crippen molar-refractivity contribution in [3.63, 3.8) is 0 Å². The van der Waals surface area contributed by atoms with E-state index in [4.69, 9.17) is 7.25 Å². The Morgan fingerprint density at radius 3 is 2.21 bits per heavy atom. The van der Waals surface area contributed by atoms with Crippen LogP contribution in [0.3, 0.4) is 0 Å². The second kappa shape index (κ2) is 9.85.